The summed E-state index contributed by atoms with van der Waals surface area (Å²) in [6, 6.07) is 11.9. The lowest BCUT2D eigenvalue weighted by atomic mass is 10.1. The fourth-order valence-corrected chi connectivity index (χ4v) is 4.83. The summed E-state index contributed by atoms with van der Waals surface area (Å²) >= 11 is 1.63. The first-order valence-electron chi connectivity index (χ1n) is 11.5. The van der Waals surface area contributed by atoms with Crippen LogP contribution in [0.2, 0.25) is 0 Å². The number of fused-ring (bicyclic) bond motifs is 1. The molecule has 0 atom stereocenters. The molecule has 3 aromatic rings. The molecule has 0 spiro atoms. The highest BCUT2D eigenvalue weighted by Crippen LogP contribution is 2.36. The zero-order valence-corrected chi connectivity index (χ0v) is 20.9. The molecule has 0 fully saturated rings. The van der Waals surface area contributed by atoms with Gasteiger partial charge in [-0.2, -0.15) is 0 Å². The van der Waals surface area contributed by atoms with Gasteiger partial charge in [0.2, 0.25) is 0 Å². The van der Waals surface area contributed by atoms with Gasteiger partial charge in [-0.3, -0.25) is 15.1 Å². The molecule has 1 aromatic carbocycles. The van der Waals surface area contributed by atoms with Crippen molar-refractivity contribution in [3.05, 3.63) is 59.9 Å². The van der Waals surface area contributed by atoms with E-state index in [9.17, 15) is 9.59 Å². The maximum absolute atomic E-state index is 12.7. The smallest absolute Gasteiger partial charge is 0.412 e. The Bertz CT molecular complexity index is 1220. The summed E-state index contributed by atoms with van der Waals surface area (Å²) in [6.45, 7) is 7.90. The number of thiophene rings is 1. The first-order valence-corrected chi connectivity index (χ1v) is 12.3. The van der Waals surface area contributed by atoms with Gasteiger partial charge in [0.15, 0.2) is 0 Å². The van der Waals surface area contributed by atoms with Crippen LogP contribution in [0.4, 0.5) is 10.5 Å². The Morgan fingerprint density at radius 2 is 1.89 bits per heavy atom. The molecule has 0 radical (unpaired) electrons. The number of aromatic nitrogens is 1. The second-order valence-electron chi connectivity index (χ2n) is 9.33. The summed E-state index contributed by atoms with van der Waals surface area (Å²) < 4.78 is 5.32. The third-order valence-electron chi connectivity index (χ3n) is 5.39. The Balaban J connectivity index is 1.46. The number of nitrogens with zero attached hydrogens (tertiary/aromatic N) is 2. The molecule has 0 bridgehead atoms. The maximum atomic E-state index is 12.7. The summed E-state index contributed by atoms with van der Waals surface area (Å²) in [5, 5.41) is 14.7. The molecule has 3 heterocycles. The van der Waals surface area contributed by atoms with Crippen molar-refractivity contribution in [2.45, 2.75) is 32.9 Å². The van der Waals surface area contributed by atoms with Crippen molar-refractivity contribution >= 4 is 29.0 Å². The molecule has 2 amide bonds. The Morgan fingerprint density at radius 1 is 1.11 bits per heavy atom. The fraction of sp³-hybridized carbons (Fsp3) is 0.346. The highest BCUT2D eigenvalue weighted by atomic mass is 32.1. The standard InChI is InChI=1S/C26H30N4O4S/c1-26(2,3)34-25(33)29-20-13-18(14-28-15-20)23-7-6-22(35-23)17-4-5-21-19(12-17)16-30(24(21)32)10-8-27-9-11-31/h4-7,12-15,27,31H,8-11,16H2,1-3H3,(H,29,33). The van der Waals surface area contributed by atoms with Crippen LogP contribution in [0.5, 0.6) is 0 Å². The molecule has 184 valence electrons. The number of ether oxygens (including phenoxy) is 1. The van der Waals surface area contributed by atoms with E-state index in [-0.39, 0.29) is 12.5 Å². The third kappa shape index (κ3) is 6.25. The Kier molecular flexibility index (Phi) is 7.49. The number of carbonyl (C=O) groups is 2. The Hall–Kier alpha value is -3.27. The van der Waals surface area contributed by atoms with Crippen molar-refractivity contribution < 1.29 is 19.4 Å². The number of amides is 2. The maximum Gasteiger partial charge on any atom is 0.412 e. The van der Waals surface area contributed by atoms with E-state index >= 15 is 0 Å². The average molecular weight is 495 g/mol. The first-order chi connectivity index (χ1) is 16.7. The summed E-state index contributed by atoms with van der Waals surface area (Å²) in [4.78, 5) is 33.0. The molecule has 0 saturated heterocycles. The van der Waals surface area contributed by atoms with Gasteiger partial charge in [-0.25, -0.2) is 4.79 Å². The van der Waals surface area contributed by atoms with Gasteiger partial charge in [0.1, 0.15) is 5.60 Å². The lowest BCUT2D eigenvalue weighted by molar-refractivity contribution is 0.0635. The van der Waals surface area contributed by atoms with Crippen LogP contribution in [-0.4, -0.2) is 58.8 Å². The zero-order valence-electron chi connectivity index (χ0n) is 20.1. The number of pyridine rings is 1. The number of anilines is 1. The Labute approximate surface area is 209 Å². The monoisotopic (exact) mass is 494 g/mol. The molecule has 0 saturated carbocycles. The number of aliphatic hydroxyl groups excluding tert-OH is 1. The zero-order chi connectivity index (χ0) is 25.0. The van der Waals surface area contributed by atoms with Gasteiger partial charge in [0, 0.05) is 53.3 Å². The number of aliphatic hydroxyl groups is 1. The van der Waals surface area contributed by atoms with Gasteiger partial charge in [0.25, 0.3) is 5.91 Å². The van der Waals surface area contributed by atoms with Crippen LogP contribution in [0.1, 0.15) is 36.7 Å². The van der Waals surface area contributed by atoms with Crippen molar-refractivity contribution in [2.24, 2.45) is 0 Å². The minimum atomic E-state index is -0.577. The summed E-state index contributed by atoms with van der Waals surface area (Å²) in [7, 11) is 0. The van der Waals surface area contributed by atoms with Gasteiger partial charge >= 0.3 is 6.09 Å². The number of hydrogen-bond donors (Lipinski definition) is 3. The van der Waals surface area contributed by atoms with Crippen LogP contribution in [0.25, 0.3) is 20.9 Å². The van der Waals surface area contributed by atoms with Crippen LogP contribution in [0.3, 0.4) is 0 Å². The predicted octanol–water partition coefficient (Wildman–Crippen LogP) is 4.36. The van der Waals surface area contributed by atoms with E-state index in [1.165, 1.54) is 0 Å². The fourth-order valence-electron chi connectivity index (χ4n) is 3.85. The van der Waals surface area contributed by atoms with Crippen molar-refractivity contribution in [1.29, 1.82) is 0 Å². The van der Waals surface area contributed by atoms with Gasteiger partial charge in [-0.15, -0.1) is 11.3 Å². The SMILES string of the molecule is CC(C)(C)OC(=O)Nc1cncc(-c2ccc(-c3ccc4c(c3)CN(CCNCCO)C4=O)s2)c1. The number of nitrogens with one attached hydrogen (secondary N) is 2. The molecule has 1 aliphatic rings. The third-order valence-corrected chi connectivity index (χ3v) is 6.57. The number of hydrogen-bond acceptors (Lipinski definition) is 7. The van der Waals surface area contributed by atoms with Crippen LogP contribution in [-0.2, 0) is 11.3 Å². The van der Waals surface area contributed by atoms with Crippen molar-refractivity contribution in [3.8, 4) is 20.9 Å². The van der Waals surface area contributed by atoms with Gasteiger partial charge < -0.3 is 20.1 Å². The van der Waals surface area contributed by atoms with E-state index in [0.29, 0.717) is 31.9 Å². The molecular formula is C26H30N4O4S. The topological polar surface area (TPSA) is 104 Å². The van der Waals surface area contributed by atoms with Crippen molar-refractivity contribution in [1.82, 2.24) is 15.2 Å². The highest BCUT2D eigenvalue weighted by Gasteiger charge is 2.27. The normalized spacial score (nSPS) is 13.1. The van der Waals surface area contributed by atoms with E-state index in [0.717, 1.165) is 32.0 Å². The molecule has 0 unspecified atom stereocenters. The van der Waals surface area contributed by atoms with E-state index in [1.54, 1.807) is 23.7 Å². The van der Waals surface area contributed by atoms with Crippen molar-refractivity contribution in [2.75, 3.05) is 31.6 Å². The average Bonchev–Trinajstić information content (AvgIpc) is 3.41. The minimum absolute atomic E-state index is 0.0459. The van der Waals surface area contributed by atoms with E-state index in [1.807, 2.05) is 49.9 Å². The van der Waals surface area contributed by atoms with Gasteiger partial charge in [0.05, 0.1) is 18.5 Å². The summed E-state index contributed by atoms with van der Waals surface area (Å²) in [5.41, 5.74) is 3.72. The number of rotatable bonds is 8. The predicted molar refractivity (Wildman–Crippen MR) is 138 cm³/mol. The summed E-state index contributed by atoms with van der Waals surface area (Å²) in [6.07, 6.45) is 2.83. The second kappa shape index (κ2) is 10.6. The molecular weight excluding hydrogens is 464 g/mol. The quantitative estimate of drug-likeness (QED) is 0.402. The largest absolute Gasteiger partial charge is 0.444 e. The van der Waals surface area contributed by atoms with Crippen LogP contribution in [0.15, 0.2) is 48.8 Å². The van der Waals surface area contributed by atoms with Crippen LogP contribution < -0.4 is 10.6 Å². The highest BCUT2D eigenvalue weighted by molar-refractivity contribution is 7.18. The lowest BCUT2D eigenvalue weighted by Gasteiger charge is -2.19. The van der Waals surface area contributed by atoms with Gasteiger partial charge in [-0.1, -0.05) is 6.07 Å². The van der Waals surface area contributed by atoms with Crippen LogP contribution in [0, 0.1) is 0 Å². The molecule has 3 N–H and O–H groups in total. The molecule has 4 rings (SSSR count). The molecule has 0 aliphatic carbocycles. The molecule has 8 nitrogen and oxygen atoms in total. The molecule has 2 aromatic heterocycles. The van der Waals surface area contributed by atoms with E-state index < -0.39 is 11.7 Å². The molecule has 9 heteroatoms. The lowest BCUT2D eigenvalue weighted by Crippen LogP contribution is -2.33. The number of benzene rings is 1. The molecule has 35 heavy (non-hydrogen) atoms. The number of carbonyl (C=O) groups excluding carboxylic acids is 2. The molecule has 1 aliphatic heterocycles. The van der Waals surface area contributed by atoms with E-state index in [4.69, 9.17) is 9.84 Å². The van der Waals surface area contributed by atoms with Crippen molar-refractivity contribution in [3.63, 3.8) is 0 Å². The van der Waals surface area contributed by atoms with Gasteiger partial charge in [-0.05, 0) is 62.2 Å². The minimum Gasteiger partial charge on any atom is -0.444 e. The first kappa shape index (κ1) is 24.8. The summed E-state index contributed by atoms with van der Waals surface area (Å²) in [5.74, 6) is 0.0459. The Morgan fingerprint density at radius 3 is 2.63 bits per heavy atom. The van der Waals surface area contributed by atoms with E-state index in [2.05, 4.69) is 27.8 Å². The second-order valence-corrected chi connectivity index (χ2v) is 10.4. The van der Waals surface area contributed by atoms with Crippen LogP contribution >= 0.6 is 11.3 Å².